The highest BCUT2D eigenvalue weighted by Gasteiger charge is 2.26. The number of carbonyl (C=O) groups excluding carboxylic acids is 1. The van der Waals surface area contributed by atoms with E-state index in [9.17, 15) is 4.79 Å². The van der Waals surface area contributed by atoms with Crippen LogP contribution in [-0.2, 0) is 10.2 Å². The normalized spacial score (nSPS) is 13.0. The molecule has 0 saturated carbocycles. The van der Waals surface area contributed by atoms with Crippen LogP contribution in [0.3, 0.4) is 0 Å². The first kappa shape index (κ1) is 18.5. The molecule has 132 valence electrons. The van der Waals surface area contributed by atoms with Gasteiger partial charge in [0.2, 0.25) is 11.8 Å². The van der Waals surface area contributed by atoms with Crippen molar-refractivity contribution in [3.05, 3.63) is 17.7 Å². The summed E-state index contributed by atoms with van der Waals surface area (Å²) in [5.41, 5.74) is -0.217. The van der Waals surface area contributed by atoms with Crippen LogP contribution in [0.15, 0.2) is 20.2 Å². The molecule has 0 spiro atoms. The van der Waals surface area contributed by atoms with Crippen molar-refractivity contribution in [1.82, 2.24) is 15.4 Å². The molecule has 1 atom stereocenters. The number of nitrogens with one attached hydrogen (secondary N) is 1. The maximum atomic E-state index is 12.5. The van der Waals surface area contributed by atoms with E-state index >= 15 is 0 Å². The van der Waals surface area contributed by atoms with E-state index in [-0.39, 0.29) is 16.6 Å². The minimum Gasteiger partial charge on any atom is -0.415 e. The second-order valence-corrected chi connectivity index (χ2v) is 7.84. The second-order valence-electron chi connectivity index (χ2n) is 6.68. The van der Waals surface area contributed by atoms with Gasteiger partial charge in [0.1, 0.15) is 5.76 Å². The molecule has 0 bridgehead atoms. The first-order valence-electron chi connectivity index (χ1n) is 8.04. The summed E-state index contributed by atoms with van der Waals surface area (Å²) in [6.45, 7) is 9.87. The van der Waals surface area contributed by atoms with Gasteiger partial charge in [-0.1, -0.05) is 57.5 Å². The maximum absolute atomic E-state index is 12.5. The Kier molecular flexibility index (Phi) is 6.04. The summed E-state index contributed by atoms with van der Waals surface area (Å²) in [4.78, 5) is 12.5. The van der Waals surface area contributed by atoms with Crippen LogP contribution >= 0.6 is 11.8 Å². The Morgan fingerprint density at radius 3 is 2.67 bits per heavy atom. The lowest BCUT2D eigenvalue weighted by Gasteiger charge is -2.13. The van der Waals surface area contributed by atoms with Crippen LogP contribution in [0.2, 0.25) is 0 Å². The molecule has 0 aromatic carbocycles. The summed E-state index contributed by atoms with van der Waals surface area (Å²) in [7, 11) is 0. The zero-order chi connectivity index (χ0) is 17.7. The van der Waals surface area contributed by atoms with E-state index < -0.39 is 0 Å². The molecule has 2 heterocycles. The molecule has 2 rings (SSSR count). The van der Waals surface area contributed by atoms with Crippen LogP contribution in [0.4, 0.5) is 5.82 Å². The molecule has 0 radical (unpaired) electrons. The lowest BCUT2D eigenvalue weighted by Crippen LogP contribution is -2.25. The number of aromatic nitrogens is 3. The molecule has 7 nitrogen and oxygen atoms in total. The third kappa shape index (κ3) is 5.09. The molecule has 0 fully saturated rings. The van der Waals surface area contributed by atoms with Crippen LogP contribution < -0.4 is 5.32 Å². The smallest absolute Gasteiger partial charge is 0.277 e. The van der Waals surface area contributed by atoms with Crippen LogP contribution in [0.25, 0.3) is 0 Å². The lowest BCUT2D eigenvalue weighted by molar-refractivity contribution is -0.115. The molecular formula is C16H24N4O3S. The van der Waals surface area contributed by atoms with Gasteiger partial charge in [-0.3, -0.25) is 4.79 Å². The number of nitrogens with zero attached hydrogens (tertiary/aromatic N) is 3. The van der Waals surface area contributed by atoms with E-state index in [2.05, 4.69) is 27.6 Å². The summed E-state index contributed by atoms with van der Waals surface area (Å²) >= 11 is 1.29. The molecule has 0 aliphatic heterocycles. The summed E-state index contributed by atoms with van der Waals surface area (Å²) < 4.78 is 10.7. The van der Waals surface area contributed by atoms with Crippen molar-refractivity contribution in [1.29, 1.82) is 0 Å². The van der Waals surface area contributed by atoms with Crippen LogP contribution in [0.5, 0.6) is 0 Å². The number of thioether (sulfide) groups is 1. The van der Waals surface area contributed by atoms with Crippen LogP contribution in [0.1, 0.15) is 58.6 Å². The van der Waals surface area contributed by atoms with Crippen molar-refractivity contribution >= 4 is 23.5 Å². The van der Waals surface area contributed by atoms with Gasteiger partial charge < -0.3 is 14.3 Å². The van der Waals surface area contributed by atoms with E-state index in [1.807, 2.05) is 20.8 Å². The highest BCUT2D eigenvalue weighted by Crippen LogP contribution is 2.30. The van der Waals surface area contributed by atoms with Gasteiger partial charge in [-0.2, -0.15) is 0 Å². The number of amides is 1. The third-order valence-electron chi connectivity index (χ3n) is 3.28. The lowest BCUT2D eigenvalue weighted by atomic mass is 9.97. The first-order valence-corrected chi connectivity index (χ1v) is 8.92. The van der Waals surface area contributed by atoms with Crippen molar-refractivity contribution in [2.24, 2.45) is 0 Å². The van der Waals surface area contributed by atoms with Crippen LogP contribution in [-0.4, -0.2) is 26.5 Å². The van der Waals surface area contributed by atoms with Gasteiger partial charge in [0.05, 0.1) is 5.25 Å². The topological polar surface area (TPSA) is 94.0 Å². The fourth-order valence-corrected chi connectivity index (χ4v) is 2.86. The summed E-state index contributed by atoms with van der Waals surface area (Å²) in [6, 6.07) is 1.68. The molecule has 0 aliphatic rings. The predicted octanol–water partition coefficient (Wildman–Crippen LogP) is 3.95. The number of hydrogen-bond donors (Lipinski definition) is 1. The van der Waals surface area contributed by atoms with E-state index in [0.29, 0.717) is 22.7 Å². The van der Waals surface area contributed by atoms with Gasteiger partial charge >= 0.3 is 0 Å². The molecule has 0 saturated heterocycles. The van der Waals surface area contributed by atoms with E-state index in [4.69, 9.17) is 8.94 Å². The van der Waals surface area contributed by atoms with Crippen molar-refractivity contribution < 1.29 is 13.7 Å². The van der Waals surface area contributed by atoms with E-state index in [0.717, 1.165) is 19.3 Å². The van der Waals surface area contributed by atoms with E-state index in [1.54, 1.807) is 13.0 Å². The Labute approximate surface area is 146 Å². The fourth-order valence-electron chi connectivity index (χ4n) is 1.95. The SMILES string of the molecule is CCCCC(Sc1nnc(C(C)(C)C)o1)C(=O)Nc1cc(C)on1. The highest BCUT2D eigenvalue weighted by atomic mass is 32.2. The third-order valence-corrected chi connectivity index (χ3v) is 4.38. The number of hydrogen-bond acceptors (Lipinski definition) is 7. The molecule has 1 N–H and O–H groups in total. The summed E-state index contributed by atoms with van der Waals surface area (Å²) in [6.07, 6.45) is 2.66. The molecule has 1 unspecified atom stereocenters. The Bertz CT molecular complexity index is 675. The molecule has 8 heteroatoms. The Balaban J connectivity index is 2.06. The number of anilines is 1. The quantitative estimate of drug-likeness (QED) is 0.754. The minimum absolute atomic E-state index is 0.141. The van der Waals surface area contributed by atoms with Gasteiger partial charge in [0.15, 0.2) is 5.82 Å². The monoisotopic (exact) mass is 352 g/mol. The molecule has 2 aromatic rings. The number of aryl methyl sites for hydroxylation is 1. The van der Waals surface area contributed by atoms with Crippen LogP contribution in [0, 0.1) is 6.92 Å². The van der Waals surface area contributed by atoms with Gasteiger partial charge in [-0.25, -0.2) is 0 Å². The average Bonchev–Trinajstić information content (AvgIpc) is 3.12. The first-order chi connectivity index (χ1) is 11.3. The molecular weight excluding hydrogens is 328 g/mol. The minimum atomic E-state index is -0.324. The number of unbranched alkanes of at least 4 members (excludes halogenated alkanes) is 1. The van der Waals surface area contributed by atoms with Crippen molar-refractivity contribution in [3.8, 4) is 0 Å². The molecule has 0 aliphatic carbocycles. The van der Waals surface area contributed by atoms with Gasteiger partial charge in [0.25, 0.3) is 5.22 Å². The average molecular weight is 352 g/mol. The molecule has 24 heavy (non-hydrogen) atoms. The highest BCUT2D eigenvalue weighted by molar-refractivity contribution is 8.00. The second kappa shape index (κ2) is 7.83. The fraction of sp³-hybridized carbons (Fsp3) is 0.625. The van der Waals surface area contributed by atoms with E-state index in [1.165, 1.54) is 11.8 Å². The standard InChI is InChI=1S/C16H24N4O3S/c1-6-7-8-11(13(21)17-12-9-10(2)23-20-12)24-15-19-18-14(22-15)16(3,4)5/h9,11H,6-8H2,1-5H3,(H,17,20,21). The van der Waals surface area contributed by atoms with Crippen molar-refractivity contribution in [2.75, 3.05) is 5.32 Å². The van der Waals surface area contributed by atoms with Gasteiger partial charge in [-0.15, -0.1) is 10.2 Å². The zero-order valence-electron chi connectivity index (χ0n) is 14.8. The van der Waals surface area contributed by atoms with Crippen molar-refractivity contribution in [2.45, 2.75) is 69.8 Å². The number of rotatable bonds is 7. The largest absolute Gasteiger partial charge is 0.415 e. The van der Waals surface area contributed by atoms with Gasteiger partial charge in [-0.05, 0) is 13.3 Å². The van der Waals surface area contributed by atoms with Gasteiger partial charge in [0, 0.05) is 11.5 Å². The Hall–Kier alpha value is -1.83. The maximum Gasteiger partial charge on any atom is 0.277 e. The molecule has 1 amide bonds. The summed E-state index contributed by atoms with van der Waals surface area (Å²) in [5.74, 6) is 1.49. The predicted molar refractivity (Wildman–Crippen MR) is 92.0 cm³/mol. The summed E-state index contributed by atoms with van der Waals surface area (Å²) in [5, 5.41) is 14.8. The zero-order valence-corrected chi connectivity index (χ0v) is 15.6. The Morgan fingerprint density at radius 1 is 1.38 bits per heavy atom. The Morgan fingerprint density at radius 2 is 2.12 bits per heavy atom. The number of carbonyl (C=O) groups is 1. The molecule has 2 aromatic heterocycles. The van der Waals surface area contributed by atoms with Crippen molar-refractivity contribution in [3.63, 3.8) is 0 Å².